The second kappa shape index (κ2) is 13.6. The monoisotopic (exact) mass is 370 g/mol. The molecule has 2 aromatic carbocycles. The quantitative estimate of drug-likeness (QED) is 0.295. The van der Waals surface area contributed by atoms with Crippen LogP contribution in [0.2, 0.25) is 0 Å². The predicted octanol–water partition coefficient (Wildman–Crippen LogP) is 7.88. The van der Waals surface area contributed by atoms with E-state index in [2.05, 4.69) is 86.4 Å². The summed E-state index contributed by atoms with van der Waals surface area (Å²) in [5.74, 6) is 6.17. The molecule has 0 fully saturated rings. The molecule has 2 rings (SSSR count). The fourth-order valence-electron chi connectivity index (χ4n) is 3.18. The summed E-state index contributed by atoms with van der Waals surface area (Å²) in [6.07, 6.45) is 18.2. The van der Waals surface area contributed by atoms with Crippen molar-refractivity contribution in [3.05, 3.63) is 82.9 Å². The van der Waals surface area contributed by atoms with E-state index in [0.717, 1.165) is 6.42 Å². The third-order valence-corrected chi connectivity index (χ3v) is 4.87. The highest BCUT2D eigenvalue weighted by Crippen LogP contribution is 2.11. The first kappa shape index (κ1) is 21.8. The Morgan fingerprint density at radius 2 is 1.07 bits per heavy atom. The number of hydrogen-bond donors (Lipinski definition) is 0. The highest BCUT2D eigenvalue weighted by molar-refractivity contribution is 5.56. The molecule has 0 N–H and O–H groups in total. The minimum atomic E-state index is 1.15. The van der Waals surface area contributed by atoms with E-state index in [9.17, 15) is 0 Å². The largest absolute Gasteiger partial charge is 0.0702 e. The molecule has 0 bridgehead atoms. The molecule has 0 nitrogen and oxygen atoms in total. The van der Waals surface area contributed by atoms with E-state index < -0.39 is 0 Å². The van der Waals surface area contributed by atoms with Crippen LogP contribution >= 0.6 is 0 Å². The minimum absolute atomic E-state index is 1.15. The average molecular weight is 371 g/mol. The third-order valence-electron chi connectivity index (χ3n) is 4.87. The van der Waals surface area contributed by atoms with Crippen molar-refractivity contribution >= 4 is 12.2 Å². The van der Waals surface area contributed by atoms with E-state index in [1.807, 2.05) is 12.2 Å². The molecular weight excluding hydrogens is 336 g/mol. The van der Waals surface area contributed by atoms with Gasteiger partial charge in [-0.05, 0) is 65.8 Å². The molecule has 0 heteroatoms. The summed E-state index contributed by atoms with van der Waals surface area (Å²) >= 11 is 0. The summed E-state index contributed by atoms with van der Waals surface area (Å²) in [5, 5.41) is 0. The van der Waals surface area contributed by atoms with Crippen LogP contribution in [0.3, 0.4) is 0 Å². The Hall–Kier alpha value is -2.52. The van der Waals surface area contributed by atoms with Gasteiger partial charge >= 0.3 is 0 Å². The minimum Gasteiger partial charge on any atom is -0.0702 e. The molecule has 0 saturated heterocycles. The molecule has 0 atom stereocenters. The first-order valence-electron chi connectivity index (χ1n) is 10.8. The molecule has 0 amide bonds. The lowest BCUT2D eigenvalue weighted by molar-refractivity contribution is 0.632. The Balaban J connectivity index is 1.75. The van der Waals surface area contributed by atoms with E-state index in [1.54, 1.807) is 0 Å². The van der Waals surface area contributed by atoms with Gasteiger partial charge in [-0.15, -0.1) is 0 Å². The van der Waals surface area contributed by atoms with Crippen molar-refractivity contribution in [3.63, 3.8) is 0 Å². The SMILES string of the molecule is CCCCCCCc1ccc(C=CC#CC=Cc2ccc(CCC)cc2)cc1. The average Bonchev–Trinajstić information content (AvgIpc) is 2.73. The first-order valence-corrected chi connectivity index (χ1v) is 10.8. The van der Waals surface area contributed by atoms with Gasteiger partial charge in [0.05, 0.1) is 0 Å². The topological polar surface area (TPSA) is 0 Å². The van der Waals surface area contributed by atoms with Crippen molar-refractivity contribution in [2.24, 2.45) is 0 Å². The van der Waals surface area contributed by atoms with E-state index in [-0.39, 0.29) is 0 Å². The molecule has 2 aromatic rings. The number of benzene rings is 2. The summed E-state index contributed by atoms with van der Waals surface area (Å²) in [6.45, 7) is 4.47. The predicted molar refractivity (Wildman–Crippen MR) is 125 cm³/mol. The van der Waals surface area contributed by atoms with Crippen LogP contribution in [0.25, 0.3) is 12.2 Å². The van der Waals surface area contributed by atoms with Gasteiger partial charge in [0.2, 0.25) is 0 Å². The highest BCUT2D eigenvalue weighted by Gasteiger charge is 1.94. The summed E-state index contributed by atoms with van der Waals surface area (Å²) < 4.78 is 0. The summed E-state index contributed by atoms with van der Waals surface area (Å²) in [5.41, 5.74) is 5.24. The molecule has 146 valence electrons. The van der Waals surface area contributed by atoms with Crippen LogP contribution in [0, 0.1) is 11.8 Å². The standard InChI is InChI=1S/C28H34/c1-3-5-6-7-10-14-27-21-23-28(24-22-27)16-12-9-8-11-15-26-19-17-25(13-4-2)18-20-26/h11-12,15-24H,3-7,10,13-14H2,1-2H3. The third kappa shape index (κ3) is 8.92. The molecule has 0 saturated carbocycles. The smallest absolute Gasteiger partial charge is 0.0109 e. The Labute approximate surface area is 172 Å². The van der Waals surface area contributed by atoms with Crippen LogP contribution in [0.15, 0.2) is 60.7 Å². The molecule has 0 heterocycles. The van der Waals surface area contributed by atoms with Crippen molar-refractivity contribution < 1.29 is 0 Å². The van der Waals surface area contributed by atoms with E-state index in [4.69, 9.17) is 0 Å². The molecule has 0 aliphatic heterocycles. The van der Waals surface area contributed by atoms with Crippen molar-refractivity contribution in [3.8, 4) is 11.8 Å². The second-order valence-corrected chi connectivity index (χ2v) is 7.35. The number of unbranched alkanes of at least 4 members (excludes halogenated alkanes) is 4. The lowest BCUT2D eigenvalue weighted by atomic mass is 10.0. The number of hydrogen-bond acceptors (Lipinski definition) is 0. The van der Waals surface area contributed by atoms with Gasteiger partial charge in [0.15, 0.2) is 0 Å². The fraction of sp³-hybridized carbons (Fsp3) is 0.357. The maximum atomic E-state index is 3.09. The zero-order chi connectivity index (χ0) is 19.9. The molecule has 0 aromatic heterocycles. The van der Waals surface area contributed by atoms with E-state index >= 15 is 0 Å². The van der Waals surface area contributed by atoms with Crippen LogP contribution < -0.4 is 0 Å². The number of allylic oxidation sites excluding steroid dienone is 2. The maximum Gasteiger partial charge on any atom is -0.0109 e. The zero-order valence-corrected chi connectivity index (χ0v) is 17.6. The lowest BCUT2D eigenvalue weighted by Crippen LogP contribution is -1.86. The van der Waals surface area contributed by atoms with E-state index in [1.165, 1.54) is 67.2 Å². The first-order chi connectivity index (χ1) is 13.8. The van der Waals surface area contributed by atoms with Crippen LogP contribution in [-0.2, 0) is 12.8 Å². The van der Waals surface area contributed by atoms with Crippen LogP contribution in [0.4, 0.5) is 0 Å². The molecule has 0 aliphatic carbocycles. The Morgan fingerprint density at radius 3 is 1.57 bits per heavy atom. The van der Waals surface area contributed by atoms with Gasteiger partial charge in [0.1, 0.15) is 0 Å². The van der Waals surface area contributed by atoms with E-state index in [0.29, 0.717) is 0 Å². The summed E-state index contributed by atoms with van der Waals surface area (Å²) in [6, 6.07) is 17.6. The number of rotatable bonds is 10. The van der Waals surface area contributed by atoms with Crippen LogP contribution in [-0.4, -0.2) is 0 Å². The number of aryl methyl sites for hydroxylation is 2. The molecule has 28 heavy (non-hydrogen) atoms. The maximum absolute atomic E-state index is 3.09. The molecule has 0 spiro atoms. The zero-order valence-electron chi connectivity index (χ0n) is 17.6. The van der Waals surface area contributed by atoms with Gasteiger partial charge < -0.3 is 0 Å². The molecule has 0 radical (unpaired) electrons. The molecular formula is C28H34. The molecule has 0 unspecified atom stereocenters. The Kier molecular flexibility index (Phi) is 10.6. The van der Waals surface area contributed by atoms with Crippen molar-refractivity contribution in [2.75, 3.05) is 0 Å². The Bertz CT molecular complexity index is 777. The van der Waals surface area contributed by atoms with Crippen LogP contribution in [0.5, 0.6) is 0 Å². The summed E-state index contributed by atoms with van der Waals surface area (Å²) in [7, 11) is 0. The fourth-order valence-corrected chi connectivity index (χ4v) is 3.18. The second-order valence-electron chi connectivity index (χ2n) is 7.35. The van der Waals surface area contributed by atoms with Crippen LogP contribution in [0.1, 0.15) is 74.6 Å². The normalized spacial score (nSPS) is 11.1. The van der Waals surface area contributed by atoms with Gasteiger partial charge in [-0.1, -0.05) is 106 Å². The Morgan fingerprint density at radius 1 is 0.571 bits per heavy atom. The van der Waals surface area contributed by atoms with Gasteiger partial charge in [-0.25, -0.2) is 0 Å². The van der Waals surface area contributed by atoms with Crippen molar-refractivity contribution in [1.82, 2.24) is 0 Å². The molecule has 0 aliphatic rings. The summed E-state index contributed by atoms with van der Waals surface area (Å²) in [4.78, 5) is 0. The van der Waals surface area contributed by atoms with Crippen molar-refractivity contribution in [1.29, 1.82) is 0 Å². The van der Waals surface area contributed by atoms with Gasteiger partial charge in [-0.2, -0.15) is 0 Å². The van der Waals surface area contributed by atoms with Gasteiger partial charge in [0.25, 0.3) is 0 Å². The highest BCUT2D eigenvalue weighted by atomic mass is 14.0. The van der Waals surface area contributed by atoms with Gasteiger partial charge in [0, 0.05) is 0 Å². The lowest BCUT2D eigenvalue weighted by Gasteiger charge is -2.02. The van der Waals surface area contributed by atoms with Gasteiger partial charge in [-0.3, -0.25) is 0 Å². The van der Waals surface area contributed by atoms with Crippen molar-refractivity contribution in [2.45, 2.75) is 65.2 Å².